The van der Waals surface area contributed by atoms with Gasteiger partial charge in [0.25, 0.3) is 0 Å². The van der Waals surface area contributed by atoms with Gasteiger partial charge in [0.2, 0.25) is 0 Å². The van der Waals surface area contributed by atoms with E-state index in [4.69, 9.17) is 23.2 Å². The molecule has 3 nitrogen and oxygen atoms in total. The first kappa shape index (κ1) is 12.6. The third kappa shape index (κ3) is 2.24. The van der Waals surface area contributed by atoms with E-state index in [1.165, 1.54) is 0 Å². The summed E-state index contributed by atoms with van der Waals surface area (Å²) >= 11 is 12.4. The molecule has 0 saturated heterocycles. The average Bonchev–Trinajstić information content (AvgIpc) is 2.93. The van der Waals surface area contributed by atoms with Crippen molar-refractivity contribution in [2.45, 2.75) is 19.9 Å². The van der Waals surface area contributed by atoms with Crippen molar-refractivity contribution in [1.29, 1.82) is 0 Å². The summed E-state index contributed by atoms with van der Waals surface area (Å²) in [5.74, 6) is 0. The predicted octanol–water partition coefficient (Wildman–Crippen LogP) is 4.54. The lowest BCUT2D eigenvalue weighted by Gasteiger charge is -2.03. The first-order valence-corrected chi connectivity index (χ1v) is 6.94. The van der Waals surface area contributed by atoms with Crippen molar-refractivity contribution >= 4 is 34.1 Å². The second-order valence-electron chi connectivity index (χ2n) is 4.47. The molecule has 0 fully saturated rings. The summed E-state index contributed by atoms with van der Waals surface area (Å²) < 4.78 is 3.88. The Bertz CT molecular complexity index is 727. The van der Waals surface area contributed by atoms with Crippen molar-refractivity contribution in [3.8, 4) is 5.69 Å². The van der Waals surface area contributed by atoms with Crippen LogP contribution in [0.15, 0.2) is 36.7 Å². The first-order valence-electron chi connectivity index (χ1n) is 6.18. The van der Waals surface area contributed by atoms with Crippen LogP contribution in [-0.4, -0.2) is 14.3 Å². The highest BCUT2D eigenvalue weighted by Crippen LogP contribution is 2.29. The number of benzene rings is 1. The van der Waals surface area contributed by atoms with Gasteiger partial charge in [-0.3, -0.25) is 9.25 Å². The molecule has 1 aromatic carbocycles. The Morgan fingerprint density at radius 1 is 1.21 bits per heavy atom. The molecule has 0 unspecified atom stereocenters. The van der Waals surface area contributed by atoms with E-state index in [1.807, 2.05) is 45.9 Å². The Labute approximate surface area is 121 Å². The van der Waals surface area contributed by atoms with Crippen LogP contribution in [-0.2, 0) is 6.54 Å². The molecule has 2 heterocycles. The average molecular weight is 294 g/mol. The van der Waals surface area contributed by atoms with E-state index in [0.29, 0.717) is 10.2 Å². The maximum atomic E-state index is 6.32. The molecule has 0 amide bonds. The van der Waals surface area contributed by atoms with Crippen molar-refractivity contribution in [3.05, 3.63) is 46.8 Å². The summed E-state index contributed by atoms with van der Waals surface area (Å²) in [6.45, 7) is 3.02. The van der Waals surface area contributed by atoms with Gasteiger partial charge in [-0.25, -0.2) is 0 Å². The maximum absolute atomic E-state index is 6.32. The molecule has 5 heteroatoms. The zero-order valence-electron chi connectivity index (χ0n) is 10.5. The second kappa shape index (κ2) is 4.91. The highest BCUT2D eigenvalue weighted by Gasteiger charge is 2.11. The summed E-state index contributed by atoms with van der Waals surface area (Å²) in [4.78, 5) is 0. The van der Waals surface area contributed by atoms with Gasteiger partial charge in [-0.05, 0) is 24.6 Å². The van der Waals surface area contributed by atoms with Gasteiger partial charge in [-0.15, -0.1) is 0 Å². The lowest BCUT2D eigenvalue weighted by Crippen LogP contribution is -1.96. The van der Waals surface area contributed by atoms with Gasteiger partial charge >= 0.3 is 0 Å². The molecule has 0 spiro atoms. The van der Waals surface area contributed by atoms with Gasteiger partial charge in [0.15, 0.2) is 0 Å². The van der Waals surface area contributed by atoms with E-state index in [1.54, 1.807) is 0 Å². The molecule has 0 aliphatic carbocycles. The molecule has 0 N–H and O–H groups in total. The van der Waals surface area contributed by atoms with E-state index in [2.05, 4.69) is 12.0 Å². The SMILES string of the molecule is CCCn1cc(-n2c(Cl)cc3ccc(Cl)cc32)cn1. The number of aryl methyl sites for hydroxylation is 1. The van der Waals surface area contributed by atoms with Crippen LogP contribution in [0.1, 0.15) is 13.3 Å². The second-order valence-corrected chi connectivity index (χ2v) is 5.29. The van der Waals surface area contributed by atoms with Crippen LogP contribution in [0, 0.1) is 0 Å². The van der Waals surface area contributed by atoms with Crippen molar-refractivity contribution in [2.75, 3.05) is 0 Å². The highest BCUT2D eigenvalue weighted by molar-refractivity contribution is 6.32. The Morgan fingerprint density at radius 2 is 2.05 bits per heavy atom. The van der Waals surface area contributed by atoms with E-state index in [-0.39, 0.29) is 0 Å². The van der Waals surface area contributed by atoms with Crippen LogP contribution in [0.4, 0.5) is 0 Å². The number of hydrogen-bond acceptors (Lipinski definition) is 1. The Hall–Kier alpha value is -1.45. The Morgan fingerprint density at radius 3 is 2.84 bits per heavy atom. The van der Waals surface area contributed by atoms with Gasteiger partial charge in [-0.2, -0.15) is 5.10 Å². The lowest BCUT2D eigenvalue weighted by atomic mass is 10.2. The standard InChI is InChI=1S/C14H13Cl2N3/c1-2-5-18-9-12(8-17-18)19-13-7-11(15)4-3-10(13)6-14(19)16/h3-4,6-9H,2,5H2,1H3. The quantitative estimate of drug-likeness (QED) is 0.695. The molecule has 98 valence electrons. The summed E-state index contributed by atoms with van der Waals surface area (Å²) in [5.41, 5.74) is 1.95. The molecule has 0 atom stereocenters. The van der Waals surface area contributed by atoms with Crippen molar-refractivity contribution in [1.82, 2.24) is 14.3 Å². The fraction of sp³-hybridized carbons (Fsp3) is 0.214. The number of aromatic nitrogens is 3. The van der Waals surface area contributed by atoms with Gasteiger partial charge < -0.3 is 0 Å². The van der Waals surface area contributed by atoms with Crippen molar-refractivity contribution < 1.29 is 0 Å². The third-order valence-corrected chi connectivity index (χ3v) is 3.57. The van der Waals surface area contributed by atoms with Gasteiger partial charge in [0.05, 0.1) is 17.4 Å². The molecule has 0 aliphatic heterocycles. The number of nitrogens with zero attached hydrogens (tertiary/aromatic N) is 3. The minimum Gasteiger partial charge on any atom is -0.297 e. The summed E-state index contributed by atoms with van der Waals surface area (Å²) in [5, 5.41) is 6.76. The van der Waals surface area contributed by atoms with Crippen LogP contribution >= 0.6 is 23.2 Å². The largest absolute Gasteiger partial charge is 0.297 e. The Kier molecular flexibility index (Phi) is 3.25. The highest BCUT2D eigenvalue weighted by atomic mass is 35.5. The monoisotopic (exact) mass is 293 g/mol. The number of rotatable bonds is 3. The number of fused-ring (bicyclic) bond motifs is 1. The smallest absolute Gasteiger partial charge is 0.114 e. The van der Waals surface area contributed by atoms with E-state index >= 15 is 0 Å². The Balaban J connectivity index is 2.17. The topological polar surface area (TPSA) is 22.8 Å². The molecular weight excluding hydrogens is 281 g/mol. The van der Waals surface area contributed by atoms with E-state index in [0.717, 1.165) is 29.6 Å². The van der Waals surface area contributed by atoms with Crippen molar-refractivity contribution in [3.63, 3.8) is 0 Å². The molecule has 19 heavy (non-hydrogen) atoms. The summed E-state index contributed by atoms with van der Waals surface area (Å²) in [6.07, 6.45) is 4.87. The zero-order valence-corrected chi connectivity index (χ0v) is 12.0. The molecule has 0 bridgehead atoms. The minimum absolute atomic E-state index is 0.660. The molecule has 3 aromatic rings. The lowest BCUT2D eigenvalue weighted by molar-refractivity contribution is 0.602. The predicted molar refractivity (Wildman–Crippen MR) is 79.4 cm³/mol. The summed E-state index contributed by atoms with van der Waals surface area (Å²) in [7, 11) is 0. The first-order chi connectivity index (χ1) is 9.19. The normalized spacial score (nSPS) is 11.3. The number of hydrogen-bond donors (Lipinski definition) is 0. The molecular formula is C14H13Cl2N3. The summed E-state index contributed by atoms with van der Waals surface area (Å²) in [6, 6.07) is 7.69. The molecule has 2 aromatic heterocycles. The van der Waals surface area contributed by atoms with Crippen molar-refractivity contribution in [2.24, 2.45) is 0 Å². The molecule has 0 saturated carbocycles. The zero-order chi connectivity index (χ0) is 13.4. The fourth-order valence-corrected chi connectivity index (χ4v) is 2.69. The maximum Gasteiger partial charge on any atom is 0.114 e. The van der Waals surface area contributed by atoms with Crippen LogP contribution in [0.25, 0.3) is 16.6 Å². The molecule has 0 aliphatic rings. The van der Waals surface area contributed by atoms with Crippen LogP contribution < -0.4 is 0 Å². The van der Waals surface area contributed by atoms with Gasteiger partial charge in [0, 0.05) is 23.2 Å². The molecule has 3 rings (SSSR count). The number of halogens is 2. The van der Waals surface area contributed by atoms with E-state index in [9.17, 15) is 0 Å². The van der Waals surface area contributed by atoms with Crippen LogP contribution in [0.5, 0.6) is 0 Å². The van der Waals surface area contributed by atoms with E-state index < -0.39 is 0 Å². The third-order valence-electron chi connectivity index (χ3n) is 3.05. The van der Waals surface area contributed by atoms with Crippen LogP contribution in [0.3, 0.4) is 0 Å². The van der Waals surface area contributed by atoms with Crippen LogP contribution in [0.2, 0.25) is 10.2 Å². The molecule has 0 radical (unpaired) electrons. The van der Waals surface area contributed by atoms with Gasteiger partial charge in [0.1, 0.15) is 5.15 Å². The minimum atomic E-state index is 0.660. The van der Waals surface area contributed by atoms with Gasteiger partial charge in [-0.1, -0.05) is 36.2 Å². The fourth-order valence-electron chi connectivity index (χ4n) is 2.22.